The molecule has 2 rings (SSSR count). The minimum Gasteiger partial charge on any atom is -0.0848 e. The molecule has 0 aromatic rings. The molecule has 1 atom stereocenters. The Hall–Kier alpha value is -0.260. The highest BCUT2D eigenvalue weighted by atomic mass is 14.3. The summed E-state index contributed by atoms with van der Waals surface area (Å²) >= 11 is 0. The van der Waals surface area contributed by atoms with Crippen LogP contribution in [0.1, 0.15) is 58.8 Å². The maximum atomic E-state index is 2.55. The van der Waals surface area contributed by atoms with Gasteiger partial charge in [-0.05, 0) is 37.0 Å². The van der Waals surface area contributed by atoms with Crippen molar-refractivity contribution in [3.8, 4) is 0 Å². The second kappa shape index (κ2) is 4.51. The van der Waals surface area contributed by atoms with Gasteiger partial charge in [0.25, 0.3) is 0 Å². The van der Waals surface area contributed by atoms with E-state index >= 15 is 0 Å². The topological polar surface area (TPSA) is 0 Å². The summed E-state index contributed by atoms with van der Waals surface area (Å²) < 4.78 is 0. The van der Waals surface area contributed by atoms with Crippen molar-refractivity contribution in [1.29, 1.82) is 0 Å². The predicted molar refractivity (Wildman–Crippen MR) is 62.2 cm³/mol. The fourth-order valence-corrected chi connectivity index (χ4v) is 3.26. The molecule has 0 amide bonds. The predicted octanol–water partition coefficient (Wildman–Crippen LogP) is 4.56. The van der Waals surface area contributed by atoms with E-state index in [9.17, 15) is 0 Å². The summed E-state index contributed by atoms with van der Waals surface area (Å²) in [6.07, 6.45) is 12.9. The van der Waals surface area contributed by atoms with Gasteiger partial charge in [-0.25, -0.2) is 0 Å². The SMILES string of the molecule is CC(C)C1=CCC(C2CCCC2)CC1. The lowest BCUT2D eigenvalue weighted by Gasteiger charge is -2.28. The monoisotopic (exact) mass is 192 g/mol. The normalized spacial score (nSPS) is 29.6. The Morgan fingerprint density at radius 2 is 1.79 bits per heavy atom. The van der Waals surface area contributed by atoms with Gasteiger partial charge in [0.2, 0.25) is 0 Å². The van der Waals surface area contributed by atoms with Crippen molar-refractivity contribution in [3.05, 3.63) is 11.6 Å². The molecule has 2 aliphatic rings. The van der Waals surface area contributed by atoms with Crippen LogP contribution in [0.3, 0.4) is 0 Å². The molecule has 0 bridgehead atoms. The van der Waals surface area contributed by atoms with Gasteiger partial charge in [0, 0.05) is 0 Å². The van der Waals surface area contributed by atoms with Crippen LogP contribution in [0.5, 0.6) is 0 Å². The maximum Gasteiger partial charge on any atom is -0.0260 e. The summed E-state index contributed by atoms with van der Waals surface area (Å²) in [7, 11) is 0. The highest BCUT2D eigenvalue weighted by Crippen LogP contribution is 2.39. The van der Waals surface area contributed by atoms with Gasteiger partial charge in [-0.15, -0.1) is 0 Å². The van der Waals surface area contributed by atoms with Gasteiger partial charge in [-0.3, -0.25) is 0 Å². The van der Waals surface area contributed by atoms with Crippen molar-refractivity contribution >= 4 is 0 Å². The van der Waals surface area contributed by atoms with Crippen molar-refractivity contribution in [3.63, 3.8) is 0 Å². The molecule has 1 fully saturated rings. The van der Waals surface area contributed by atoms with Crippen LogP contribution in [0.4, 0.5) is 0 Å². The summed E-state index contributed by atoms with van der Waals surface area (Å²) in [4.78, 5) is 0. The summed E-state index contributed by atoms with van der Waals surface area (Å²) in [6, 6.07) is 0. The lowest BCUT2D eigenvalue weighted by Crippen LogP contribution is -2.15. The molecular formula is C14H24. The van der Waals surface area contributed by atoms with Crippen molar-refractivity contribution in [2.24, 2.45) is 17.8 Å². The van der Waals surface area contributed by atoms with Crippen molar-refractivity contribution in [2.75, 3.05) is 0 Å². The fourth-order valence-electron chi connectivity index (χ4n) is 3.26. The Bertz CT molecular complexity index is 206. The first-order valence-corrected chi connectivity index (χ1v) is 6.46. The van der Waals surface area contributed by atoms with Gasteiger partial charge in [0.05, 0.1) is 0 Å². The minimum atomic E-state index is 0.791. The van der Waals surface area contributed by atoms with E-state index in [0.717, 1.165) is 17.8 Å². The quantitative estimate of drug-likeness (QED) is 0.563. The number of allylic oxidation sites excluding steroid dienone is 2. The largest absolute Gasteiger partial charge is 0.0848 e. The smallest absolute Gasteiger partial charge is 0.0260 e. The fraction of sp³-hybridized carbons (Fsp3) is 0.857. The summed E-state index contributed by atoms with van der Waals surface area (Å²) in [5.74, 6) is 2.92. The maximum absolute atomic E-state index is 2.55. The molecule has 0 aromatic carbocycles. The first kappa shape index (κ1) is 10.3. The number of rotatable bonds is 2. The average molecular weight is 192 g/mol. The Morgan fingerprint density at radius 3 is 2.29 bits per heavy atom. The third-order valence-corrected chi connectivity index (χ3v) is 4.29. The van der Waals surface area contributed by atoms with E-state index in [1.54, 1.807) is 5.57 Å². The van der Waals surface area contributed by atoms with Gasteiger partial charge >= 0.3 is 0 Å². The Kier molecular flexibility index (Phi) is 3.30. The van der Waals surface area contributed by atoms with Gasteiger partial charge < -0.3 is 0 Å². The molecule has 0 nitrogen and oxygen atoms in total. The molecule has 14 heavy (non-hydrogen) atoms. The van der Waals surface area contributed by atoms with Crippen LogP contribution < -0.4 is 0 Å². The van der Waals surface area contributed by atoms with Crippen LogP contribution >= 0.6 is 0 Å². The van der Waals surface area contributed by atoms with Gasteiger partial charge in [0.15, 0.2) is 0 Å². The summed E-state index contributed by atoms with van der Waals surface area (Å²) in [6.45, 7) is 4.67. The lowest BCUT2D eigenvalue weighted by atomic mass is 9.78. The third-order valence-electron chi connectivity index (χ3n) is 4.29. The van der Waals surface area contributed by atoms with Crippen molar-refractivity contribution in [1.82, 2.24) is 0 Å². The molecule has 1 unspecified atom stereocenters. The molecule has 0 spiro atoms. The van der Waals surface area contributed by atoms with E-state index in [1.807, 2.05) is 0 Å². The molecule has 0 N–H and O–H groups in total. The molecule has 0 heteroatoms. The Balaban J connectivity index is 1.88. The van der Waals surface area contributed by atoms with Crippen LogP contribution in [0, 0.1) is 17.8 Å². The summed E-state index contributed by atoms with van der Waals surface area (Å²) in [5.41, 5.74) is 1.72. The highest BCUT2D eigenvalue weighted by Gasteiger charge is 2.26. The molecule has 0 aromatic heterocycles. The zero-order chi connectivity index (χ0) is 9.97. The van der Waals surface area contributed by atoms with Crippen LogP contribution in [0.15, 0.2) is 11.6 Å². The summed E-state index contributed by atoms with van der Waals surface area (Å²) in [5, 5.41) is 0. The van der Waals surface area contributed by atoms with Crippen LogP contribution in [-0.4, -0.2) is 0 Å². The molecule has 80 valence electrons. The van der Waals surface area contributed by atoms with Gasteiger partial charge in [0.1, 0.15) is 0 Å². The van der Waals surface area contributed by atoms with Gasteiger partial charge in [-0.2, -0.15) is 0 Å². The van der Waals surface area contributed by atoms with Crippen molar-refractivity contribution in [2.45, 2.75) is 58.8 Å². The molecule has 2 aliphatic carbocycles. The Labute approximate surface area is 88.8 Å². The standard InChI is InChI=1S/C14H24/c1-11(2)12-7-9-14(10-8-12)13-5-3-4-6-13/h7,11,13-14H,3-6,8-10H2,1-2H3. The molecular weight excluding hydrogens is 168 g/mol. The van der Waals surface area contributed by atoms with Crippen LogP contribution in [-0.2, 0) is 0 Å². The van der Waals surface area contributed by atoms with Crippen molar-refractivity contribution < 1.29 is 0 Å². The number of hydrogen-bond acceptors (Lipinski definition) is 0. The van der Waals surface area contributed by atoms with E-state index < -0.39 is 0 Å². The molecule has 1 saturated carbocycles. The Morgan fingerprint density at radius 1 is 1.07 bits per heavy atom. The van der Waals surface area contributed by atoms with Gasteiger partial charge in [-0.1, -0.05) is 51.2 Å². The zero-order valence-electron chi connectivity index (χ0n) is 9.76. The molecule has 0 heterocycles. The van der Waals surface area contributed by atoms with E-state index in [2.05, 4.69) is 19.9 Å². The second-order valence-corrected chi connectivity index (χ2v) is 5.51. The van der Waals surface area contributed by atoms with E-state index in [4.69, 9.17) is 0 Å². The zero-order valence-corrected chi connectivity index (χ0v) is 9.76. The molecule has 0 aliphatic heterocycles. The third kappa shape index (κ3) is 2.21. The van der Waals surface area contributed by atoms with E-state index in [0.29, 0.717) is 0 Å². The number of hydrogen-bond donors (Lipinski definition) is 0. The average Bonchev–Trinajstić information content (AvgIpc) is 2.71. The first-order valence-electron chi connectivity index (χ1n) is 6.46. The molecule has 0 radical (unpaired) electrons. The van der Waals surface area contributed by atoms with Crippen LogP contribution in [0.2, 0.25) is 0 Å². The van der Waals surface area contributed by atoms with Crippen LogP contribution in [0.25, 0.3) is 0 Å². The van der Waals surface area contributed by atoms with E-state index in [-0.39, 0.29) is 0 Å². The second-order valence-electron chi connectivity index (χ2n) is 5.51. The minimum absolute atomic E-state index is 0.791. The highest BCUT2D eigenvalue weighted by molar-refractivity contribution is 5.09. The lowest BCUT2D eigenvalue weighted by molar-refractivity contribution is 0.306. The first-order chi connectivity index (χ1) is 6.77. The molecule has 0 saturated heterocycles. The van der Waals surface area contributed by atoms with E-state index in [1.165, 1.54) is 44.9 Å².